The van der Waals surface area contributed by atoms with Crippen LogP contribution in [0.15, 0.2) is 91.0 Å². The van der Waals surface area contributed by atoms with Crippen molar-refractivity contribution in [2.24, 2.45) is 0 Å². The zero-order valence-corrected chi connectivity index (χ0v) is 13.7. The van der Waals surface area contributed by atoms with Gasteiger partial charge in [0.1, 0.15) is 0 Å². The first-order chi connectivity index (χ1) is 11.8. The summed E-state index contributed by atoms with van der Waals surface area (Å²) >= 11 is 0. The summed E-state index contributed by atoms with van der Waals surface area (Å²) in [5, 5.41) is 13.9. The summed E-state index contributed by atoms with van der Waals surface area (Å²) in [5.41, 5.74) is 3.56. The van der Waals surface area contributed by atoms with Gasteiger partial charge < -0.3 is 10.4 Å². The van der Waals surface area contributed by atoms with Crippen LogP contribution in [-0.2, 0) is 6.42 Å². The van der Waals surface area contributed by atoms with Gasteiger partial charge in [-0.05, 0) is 23.1 Å². The van der Waals surface area contributed by atoms with E-state index in [4.69, 9.17) is 0 Å². The number of rotatable bonds is 7. The highest BCUT2D eigenvalue weighted by molar-refractivity contribution is 5.31. The molecule has 2 nitrogen and oxygen atoms in total. The molecule has 1 atom stereocenters. The van der Waals surface area contributed by atoms with Gasteiger partial charge in [0.2, 0.25) is 0 Å². The van der Waals surface area contributed by atoms with E-state index in [0.29, 0.717) is 13.0 Å². The molecule has 122 valence electrons. The van der Waals surface area contributed by atoms with E-state index in [1.54, 1.807) is 0 Å². The van der Waals surface area contributed by atoms with Crippen LogP contribution in [0.2, 0.25) is 0 Å². The van der Waals surface area contributed by atoms with Crippen molar-refractivity contribution in [2.75, 3.05) is 6.54 Å². The lowest BCUT2D eigenvalue weighted by molar-refractivity contribution is 0.169. The van der Waals surface area contributed by atoms with Crippen molar-refractivity contribution >= 4 is 0 Å². The van der Waals surface area contributed by atoms with Gasteiger partial charge in [-0.15, -0.1) is 0 Å². The molecule has 3 aromatic carbocycles. The van der Waals surface area contributed by atoms with E-state index in [1.165, 1.54) is 11.1 Å². The van der Waals surface area contributed by atoms with Crippen LogP contribution in [0, 0.1) is 0 Å². The van der Waals surface area contributed by atoms with Crippen LogP contribution in [0.4, 0.5) is 0 Å². The molecular weight excluding hydrogens is 294 g/mol. The fourth-order valence-electron chi connectivity index (χ4n) is 2.93. The van der Waals surface area contributed by atoms with E-state index in [-0.39, 0.29) is 6.04 Å². The number of hydrogen-bond donors (Lipinski definition) is 2. The van der Waals surface area contributed by atoms with E-state index >= 15 is 0 Å². The number of nitrogens with one attached hydrogen (secondary N) is 1. The number of aliphatic hydroxyl groups excluding tert-OH is 1. The van der Waals surface area contributed by atoms with Gasteiger partial charge in [0.05, 0.1) is 12.1 Å². The van der Waals surface area contributed by atoms with Crippen molar-refractivity contribution in [1.29, 1.82) is 0 Å². The molecule has 0 aliphatic rings. The predicted octanol–water partition coefficient (Wildman–Crippen LogP) is 3.97. The van der Waals surface area contributed by atoms with E-state index in [0.717, 1.165) is 5.56 Å². The minimum Gasteiger partial charge on any atom is -0.391 e. The fraction of sp³-hybridized carbons (Fsp3) is 0.182. The summed E-state index contributed by atoms with van der Waals surface area (Å²) in [6.45, 7) is 0.545. The molecule has 3 rings (SSSR count). The SMILES string of the molecule is OC(CNC(c1ccccc1)c1ccccc1)Cc1ccccc1. The number of benzene rings is 3. The van der Waals surface area contributed by atoms with Crippen LogP contribution in [0.1, 0.15) is 22.7 Å². The number of hydrogen-bond acceptors (Lipinski definition) is 2. The van der Waals surface area contributed by atoms with Gasteiger partial charge in [0, 0.05) is 6.54 Å². The standard InChI is InChI=1S/C22H23NO/c24-21(16-18-10-4-1-5-11-18)17-23-22(19-12-6-2-7-13-19)20-14-8-3-9-15-20/h1-15,21-24H,16-17H2. The average Bonchev–Trinajstić information content (AvgIpc) is 2.64. The van der Waals surface area contributed by atoms with Crippen LogP contribution < -0.4 is 5.32 Å². The van der Waals surface area contributed by atoms with Crippen LogP contribution in [0.5, 0.6) is 0 Å². The third-order valence-electron chi connectivity index (χ3n) is 4.14. The van der Waals surface area contributed by atoms with Crippen LogP contribution >= 0.6 is 0 Å². The Morgan fingerprint density at radius 3 is 1.62 bits per heavy atom. The van der Waals surface area contributed by atoms with Gasteiger partial charge in [-0.2, -0.15) is 0 Å². The Bertz CT molecular complexity index is 673. The molecule has 0 aliphatic carbocycles. The van der Waals surface area contributed by atoms with E-state index < -0.39 is 6.10 Å². The Balaban J connectivity index is 1.68. The third-order valence-corrected chi connectivity index (χ3v) is 4.14. The minimum atomic E-state index is -0.415. The Morgan fingerprint density at radius 2 is 1.12 bits per heavy atom. The van der Waals surface area contributed by atoms with Crippen LogP contribution in [-0.4, -0.2) is 17.8 Å². The van der Waals surface area contributed by atoms with Crippen molar-refractivity contribution in [2.45, 2.75) is 18.6 Å². The lowest BCUT2D eigenvalue weighted by atomic mass is 9.98. The Labute approximate surface area is 143 Å². The van der Waals surface area contributed by atoms with Gasteiger partial charge >= 0.3 is 0 Å². The molecule has 2 N–H and O–H groups in total. The summed E-state index contributed by atoms with van der Waals surface area (Å²) in [4.78, 5) is 0. The molecular formula is C22H23NO. The van der Waals surface area contributed by atoms with Crippen molar-refractivity contribution < 1.29 is 5.11 Å². The van der Waals surface area contributed by atoms with Gasteiger partial charge in [0.25, 0.3) is 0 Å². The average molecular weight is 317 g/mol. The maximum absolute atomic E-state index is 10.4. The molecule has 0 saturated heterocycles. The first kappa shape index (κ1) is 16.4. The molecule has 0 aromatic heterocycles. The third kappa shape index (κ3) is 4.54. The molecule has 2 heteroatoms. The molecule has 24 heavy (non-hydrogen) atoms. The first-order valence-corrected chi connectivity index (χ1v) is 8.38. The van der Waals surface area contributed by atoms with Crippen molar-refractivity contribution in [3.05, 3.63) is 108 Å². The Morgan fingerprint density at radius 1 is 0.667 bits per heavy atom. The summed E-state index contributed by atoms with van der Waals surface area (Å²) in [6.07, 6.45) is 0.242. The molecule has 0 bridgehead atoms. The van der Waals surface area contributed by atoms with Crippen LogP contribution in [0.25, 0.3) is 0 Å². The second kappa shape index (κ2) is 8.44. The maximum atomic E-state index is 10.4. The molecule has 0 aliphatic heterocycles. The topological polar surface area (TPSA) is 32.3 Å². The molecule has 0 radical (unpaired) electrons. The van der Waals surface area contributed by atoms with Crippen LogP contribution in [0.3, 0.4) is 0 Å². The highest BCUT2D eigenvalue weighted by Crippen LogP contribution is 2.21. The Kier molecular flexibility index (Phi) is 5.78. The minimum absolute atomic E-state index is 0.0813. The van der Waals surface area contributed by atoms with Crippen molar-refractivity contribution in [1.82, 2.24) is 5.32 Å². The fourth-order valence-corrected chi connectivity index (χ4v) is 2.93. The summed E-state index contributed by atoms with van der Waals surface area (Å²) in [7, 11) is 0. The lowest BCUT2D eigenvalue weighted by Crippen LogP contribution is -2.32. The highest BCUT2D eigenvalue weighted by Gasteiger charge is 2.15. The van der Waals surface area contributed by atoms with E-state index in [1.807, 2.05) is 54.6 Å². The molecule has 3 aromatic rings. The normalized spacial score (nSPS) is 12.2. The molecule has 0 saturated carbocycles. The Hall–Kier alpha value is -2.42. The van der Waals surface area contributed by atoms with Crippen molar-refractivity contribution in [3.63, 3.8) is 0 Å². The van der Waals surface area contributed by atoms with E-state index in [9.17, 15) is 5.11 Å². The maximum Gasteiger partial charge on any atom is 0.0705 e. The lowest BCUT2D eigenvalue weighted by Gasteiger charge is -2.22. The summed E-state index contributed by atoms with van der Waals surface area (Å²) in [6, 6.07) is 30.9. The molecule has 1 unspecified atom stereocenters. The van der Waals surface area contributed by atoms with Crippen molar-refractivity contribution in [3.8, 4) is 0 Å². The molecule has 0 heterocycles. The van der Waals surface area contributed by atoms with Gasteiger partial charge in [-0.25, -0.2) is 0 Å². The second-order valence-corrected chi connectivity index (χ2v) is 6.01. The zero-order chi connectivity index (χ0) is 16.6. The largest absolute Gasteiger partial charge is 0.391 e. The zero-order valence-electron chi connectivity index (χ0n) is 13.7. The van der Waals surface area contributed by atoms with Gasteiger partial charge in [0.15, 0.2) is 0 Å². The smallest absolute Gasteiger partial charge is 0.0705 e. The van der Waals surface area contributed by atoms with E-state index in [2.05, 4.69) is 41.7 Å². The second-order valence-electron chi connectivity index (χ2n) is 6.01. The molecule has 0 spiro atoms. The number of aliphatic hydroxyl groups is 1. The molecule has 0 fully saturated rings. The van der Waals surface area contributed by atoms with Gasteiger partial charge in [-0.3, -0.25) is 0 Å². The first-order valence-electron chi connectivity index (χ1n) is 8.38. The predicted molar refractivity (Wildman–Crippen MR) is 98.9 cm³/mol. The quantitative estimate of drug-likeness (QED) is 0.691. The highest BCUT2D eigenvalue weighted by atomic mass is 16.3. The summed E-state index contributed by atoms with van der Waals surface area (Å²) < 4.78 is 0. The monoisotopic (exact) mass is 317 g/mol. The summed E-state index contributed by atoms with van der Waals surface area (Å²) in [5.74, 6) is 0. The van der Waals surface area contributed by atoms with Gasteiger partial charge in [-0.1, -0.05) is 91.0 Å². The molecule has 0 amide bonds.